The van der Waals surface area contributed by atoms with Gasteiger partial charge >= 0.3 is 0 Å². The number of benzene rings is 1. The van der Waals surface area contributed by atoms with Gasteiger partial charge in [-0.05, 0) is 24.6 Å². The maximum Gasteiger partial charge on any atom is 0.179 e. The lowest BCUT2D eigenvalue weighted by Gasteiger charge is -2.38. The summed E-state index contributed by atoms with van der Waals surface area (Å²) in [7, 11) is 3.07. The van der Waals surface area contributed by atoms with Crippen LogP contribution < -0.4 is 9.47 Å². The molecule has 1 aliphatic rings. The molecule has 1 aromatic rings. The van der Waals surface area contributed by atoms with Gasteiger partial charge in [-0.2, -0.15) is 0 Å². The molecule has 2 rings (SSSR count). The Morgan fingerprint density at radius 2 is 1.95 bits per heavy atom. The second-order valence-electron chi connectivity index (χ2n) is 4.78. The van der Waals surface area contributed by atoms with Crippen molar-refractivity contribution in [1.82, 2.24) is 0 Å². The summed E-state index contributed by atoms with van der Waals surface area (Å²) < 4.78 is 15.6. The molecule has 1 N–H and O–H groups in total. The highest BCUT2D eigenvalue weighted by atomic mass is 16.5. The first-order valence-electron chi connectivity index (χ1n) is 6.04. The Hall–Kier alpha value is -1.59. The molecule has 1 fully saturated rings. The van der Waals surface area contributed by atoms with Gasteiger partial charge in [0.05, 0.1) is 39.6 Å². The van der Waals surface area contributed by atoms with Crippen LogP contribution in [0.4, 0.5) is 0 Å². The summed E-state index contributed by atoms with van der Waals surface area (Å²) in [6.07, 6.45) is 0. The maximum absolute atomic E-state index is 12.6. The van der Waals surface area contributed by atoms with E-state index in [1.54, 1.807) is 19.2 Å². The number of aryl methyl sites for hydroxylation is 1. The summed E-state index contributed by atoms with van der Waals surface area (Å²) >= 11 is 0. The van der Waals surface area contributed by atoms with Gasteiger partial charge in [-0.1, -0.05) is 0 Å². The van der Waals surface area contributed by atoms with Crippen molar-refractivity contribution in [2.75, 3.05) is 34.0 Å². The van der Waals surface area contributed by atoms with Gasteiger partial charge in [0.2, 0.25) is 0 Å². The van der Waals surface area contributed by atoms with E-state index in [2.05, 4.69) is 0 Å². The van der Waals surface area contributed by atoms with Crippen LogP contribution in [0.25, 0.3) is 0 Å². The third kappa shape index (κ3) is 2.19. The van der Waals surface area contributed by atoms with E-state index < -0.39 is 5.41 Å². The fraction of sp³-hybridized carbons (Fsp3) is 0.500. The molecule has 0 amide bonds. The molecule has 0 atom stereocenters. The van der Waals surface area contributed by atoms with E-state index in [0.29, 0.717) is 17.1 Å². The van der Waals surface area contributed by atoms with Gasteiger partial charge in [0, 0.05) is 0 Å². The third-order valence-electron chi connectivity index (χ3n) is 3.50. The van der Waals surface area contributed by atoms with E-state index >= 15 is 0 Å². The fourth-order valence-electron chi connectivity index (χ4n) is 2.16. The number of aliphatic hydroxyl groups excluding tert-OH is 1. The van der Waals surface area contributed by atoms with Crippen LogP contribution in [0.3, 0.4) is 0 Å². The molecular weight excluding hydrogens is 248 g/mol. The van der Waals surface area contributed by atoms with Crippen molar-refractivity contribution in [1.29, 1.82) is 0 Å². The normalized spacial score (nSPS) is 16.6. The third-order valence-corrected chi connectivity index (χ3v) is 3.50. The molecule has 1 aliphatic heterocycles. The van der Waals surface area contributed by atoms with Gasteiger partial charge in [-0.3, -0.25) is 4.79 Å². The SMILES string of the molecule is COc1cc(C(=O)C2(CO)COC2)c(OC)cc1C. The molecule has 19 heavy (non-hydrogen) atoms. The van der Waals surface area contributed by atoms with E-state index in [1.165, 1.54) is 7.11 Å². The highest BCUT2D eigenvalue weighted by Gasteiger charge is 2.46. The summed E-state index contributed by atoms with van der Waals surface area (Å²) in [5.41, 5.74) is 0.467. The van der Waals surface area contributed by atoms with Crippen molar-refractivity contribution in [2.24, 2.45) is 5.41 Å². The zero-order chi connectivity index (χ0) is 14.0. The van der Waals surface area contributed by atoms with Gasteiger partial charge in [-0.15, -0.1) is 0 Å². The van der Waals surface area contributed by atoms with Gasteiger partial charge < -0.3 is 19.3 Å². The Kier molecular flexibility index (Phi) is 3.78. The van der Waals surface area contributed by atoms with Crippen LogP contribution in [0.15, 0.2) is 12.1 Å². The smallest absolute Gasteiger partial charge is 0.179 e. The molecule has 104 valence electrons. The average Bonchev–Trinajstić information content (AvgIpc) is 2.37. The van der Waals surface area contributed by atoms with Crippen LogP contribution in [-0.4, -0.2) is 44.9 Å². The molecule has 0 spiro atoms. The number of ether oxygens (including phenoxy) is 3. The van der Waals surface area contributed by atoms with Crippen LogP contribution in [-0.2, 0) is 4.74 Å². The monoisotopic (exact) mass is 266 g/mol. The van der Waals surface area contributed by atoms with Gasteiger partial charge in [0.15, 0.2) is 5.78 Å². The number of Topliss-reactive ketones (excluding diaryl/α,β-unsaturated/α-hetero) is 1. The van der Waals surface area contributed by atoms with Crippen molar-refractivity contribution >= 4 is 5.78 Å². The van der Waals surface area contributed by atoms with Gasteiger partial charge in [-0.25, -0.2) is 0 Å². The molecule has 1 aromatic carbocycles. The Balaban J connectivity index is 2.45. The van der Waals surface area contributed by atoms with Crippen LogP contribution >= 0.6 is 0 Å². The van der Waals surface area contributed by atoms with Crippen molar-refractivity contribution in [3.05, 3.63) is 23.3 Å². The summed E-state index contributed by atoms with van der Waals surface area (Å²) in [6.45, 7) is 2.12. The number of aliphatic hydroxyl groups is 1. The Bertz CT molecular complexity index is 485. The highest BCUT2D eigenvalue weighted by Crippen LogP contribution is 2.37. The molecule has 0 radical (unpaired) electrons. The summed E-state index contributed by atoms with van der Waals surface area (Å²) in [6, 6.07) is 3.42. The second-order valence-corrected chi connectivity index (χ2v) is 4.78. The standard InChI is InChI=1S/C14H18O5/c1-9-4-12(18-3)10(5-11(9)17-2)13(16)14(6-15)7-19-8-14/h4-5,15H,6-8H2,1-3H3. The van der Waals surface area contributed by atoms with Crippen LogP contribution in [0.2, 0.25) is 0 Å². The minimum atomic E-state index is -0.840. The fourth-order valence-corrected chi connectivity index (χ4v) is 2.16. The lowest BCUT2D eigenvalue weighted by molar-refractivity contribution is -0.109. The summed E-state index contributed by atoms with van der Waals surface area (Å²) in [5.74, 6) is 0.942. The lowest BCUT2D eigenvalue weighted by atomic mass is 9.79. The molecule has 0 bridgehead atoms. The number of carbonyl (C=O) groups excluding carboxylic acids is 1. The number of ketones is 1. The molecule has 0 aromatic heterocycles. The van der Waals surface area contributed by atoms with Crippen LogP contribution in [0.1, 0.15) is 15.9 Å². The van der Waals surface area contributed by atoms with Crippen molar-refractivity contribution in [3.63, 3.8) is 0 Å². The predicted molar refractivity (Wildman–Crippen MR) is 69.0 cm³/mol. The first-order valence-corrected chi connectivity index (χ1v) is 6.04. The summed E-state index contributed by atoms with van der Waals surface area (Å²) in [4.78, 5) is 12.6. The minimum Gasteiger partial charge on any atom is -0.496 e. The Morgan fingerprint density at radius 1 is 1.32 bits per heavy atom. The van der Waals surface area contributed by atoms with Crippen LogP contribution in [0.5, 0.6) is 11.5 Å². The molecule has 5 nitrogen and oxygen atoms in total. The average molecular weight is 266 g/mol. The predicted octanol–water partition coefficient (Wildman–Crippen LogP) is 1.20. The first kappa shape index (κ1) is 13.8. The Morgan fingerprint density at radius 3 is 2.37 bits per heavy atom. The Labute approximate surface area is 112 Å². The molecule has 5 heteroatoms. The number of carbonyl (C=O) groups is 1. The topological polar surface area (TPSA) is 65.0 Å². The number of hydrogen-bond donors (Lipinski definition) is 1. The van der Waals surface area contributed by atoms with Crippen molar-refractivity contribution in [3.8, 4) is 11.5 Å². The van der Waals surface area contributed by atoms with Gasteiger partial charge in [0.25, 0.3) is 0 Å². The minimum absolute atomic E-state index is 0.170. The van der Waals surface area contributed by atoms with Crippen molar-refractivity contribution in [2.45, 2.75) is 6.92 Å². The van der Waals surface area contributed by atoms with Gasteiger partial charge in [0.1, 0.15) is 16.9 Å². The van der Waals surface area contributed by atoms with E-state index in [4.69, 9.17) is 14.2 Å². The van der Waals surface area contributed by atoms with E-state index in [-0.39, 0.29) is 25.6 Å². The molecule has 0 unspecified atom stereocenters. The lowest BCUT2D eigenvalue weighted by Crippen LogP contribution is -2.51. The van der Waals surface area contributed by atoms with E-state index in [1.807, 2.05) is 6.92 Å². The van der Waals surface area contributed by atoms with Crippen LogP contribution in [0, 0.1) is 12.3 Å². The van der Waals surface area contributed by atoms with Crippen molar-refractivity contribution < 1.29 is 24.1 Å². The largest absolute Gasteiger partial charge is 0.496 e. The molecule has 1 saturated heterocycles. The maximum atomic E-state index is 12.6. The zero-order valence-electron chi connectivity index (χ0n) is 11.4. The number of hydrogen-bond acceptors (Lipinski definition) is 5. The molecule has 0 saturated carbocycles. The number of rotatable bonds is 5. The summed E-state index contributed by atoms with van der Waals surface area (Å²) in [5, 5.41) is 9.44. The second kappa shape index (κ2) is 5.19. The first-order chi connectivity index (χ1) is 9.07. The quantitative estimate of drug-likeness (QED) is 0.811. The number of methoxy groups -OCH3 is 2. The van der Waals surface area contributed by atoms with E-state index in [0.717, 1.165) is 5.56 Å². The zero-order valence-corrected chi connectivity index (χ0v) is 11.4. The molecule has 1 heterocycles. The molecular formula is C14H18O5. The highest BCUT2D eigenvalue weighted by molar-refractivity contribution is 6.04. The molecule has 0 aliphatic carbocycles. The van der Waals surface area contributed by atoms with E-state index in [9.17, 15) is 9.90 Å².